The van der Waals surface area contributed by atoms with E-state index in [1.165, 1.54) is 4.90 Å². The molecule has 1 aliphatic rings. The topological polar surface area (TPSA) is 72.9 Å². The minimum Gasteiger partial charge on any atom is -0.309 e. The smallest absolute Gasteiger partial charge is 0.309 e. The summed E-state index contributed by atoms with van der Waals surface area (Å²) in [5.74, 6) is -0.633. The molecule has 7 heteroatoms. The van der Waals surface area contributed by atoms with E-state index >= 15 is 0 Å². The van der Waals surface area contributed by atoms with Crippen LogP contribution in [0.3, 0.4) is 0 Å². The van der Waals surface area contributed by atoms with Gasteiger partial charge >= 0.3 is 7.60 Å². The van der Waals surface area contributed by atoms with Gasteiger partial charge in [-0.1, -0.05) is 36.4 Å². The summed E-state index contributed by atoms with van der Waals surface area (Å²) in [5, 5.41) is 0. The summed E-state index contributed by atoms with van der Waals surface area (Å²) in [6, 6.07) is 14.1. The Morgan fingerprint density at radius 1 is 0.815 bits per heavy atom. The number of amides is 2. The molecule has 0 unspecified atom stereocenters. The second kappa shape index (κ2) is 8.17. The fourth-order valence-corrected chi connectivity index (χ4v) is 4.92. The number of hydrogen-bond acceptors (Lipinski definition) is 5. The van der Waals surface area contributed by atoms with Gasteiger partial charge in [-0.05, 0) is 37.1 Å². The van der Waals surface area contributed by atoms with Gasteiger partial charge in [-0.15, -0.1) is 0 Å². The molecule has 1 aliphatic heterocycles. The van der Waals surface area contributed by atoms with Crippen LogP contribution in [-0.4, -0.2) is 29.9 Å². The van der Waals surface area contributed by atoms with Crippen molar-refractivity contribution in [3.05, 3.63) is 70.8 Å². The maximum atomic E-state index is 12.9. The number of carbonyl (C=O) groups is 2. The van der Waals surface area contributed by atoms with E-state index in [0.29, 0.717) is 11.1 Å². The molecule has 2 amide bonds. The summed E-state index contributed by atoms with van der Waals surface area (Å²) >= 11 is 0. The number of nitrogens with zero attached hydrogens (tertiary/aromatic N) is 1. The molecule has 2 aromatic rings. The Balaban J connectivity index is 1.86. The van der Waals surface area contributed by atoms with E-state index in [4.69, 9.17) is 9.05 Å². The molecule has 0 saturated heterocycles. The van der Waals surface area contributed by atoms with E-state index in [1.54, 1.807) is 38.1 Å². The first-order valence-corrected chi connectivity index (χ1v) is 10.6. The lowest BCUT2D eigenvalue weighted by Gasteiger charge is -2.20. The van der Waals surface area contributed by atoms with Crippen molar-refractivity contribution in [1.82, 2.24) is 4.90 Å². The first kappa shape index (κ1) is 19.5. The Morgan fingerprint density at radius 2 is 1.30 bits per heavy atom. The van der Waals surface area contributed by atoms with Gasteiger partial charge in [0.15, 0.2) is 0 Å². The van der Waals surface area contributed by atoms with Gasteiger partial charge in [0.25, 0.3) is 11.8 Å². The number of imide groups is 1. The molecule has 0 aromatic heterocycles. The largest absolute Gasteiger partial charge is 0.335 e. The van der Waals surface area contributed by atoms with Crippen molar-refractivity contribution in [3.63, 3.8) is 0 Å². The fraction of sp³-hybridized carbons (Fsp3) is 0.300. The van der Waals surface area contributed by atoms with Crippen LogP contribution in [0.1, 0.15) is 45.7 Å². The van der Waals surface area contributed by atoms with Crippen molar-refractivity contribution in [1.29, 1.82) is 0 Å². The SMILES string of the molecule is CCOP(=O)(Cc1ccccc1CN1C(=O)c2ccccc2C1=O)OCC. The highest BCUT2D eigenvalue weighted by Crippen LogP contribution is 2.51. The van der Waals surface area contributed by atoms with Crippen LogP contribution in [0.15, 0.2) is 48.5 Å². The lowest BCUT2D eigenvalue weighted by atomic mass is 10.1. The summed E-state index contributed by atoms with van der Waals surface area (Å²) in [4.78, 5) is 26.4. The van der Waals surface area contributed by atoms with E-state index in [1.807, 2.05) is 24.3 Å². The third kappa shape index (κ3) is 4.03. The molecule has 142 valence electrons. The molecule has 0 radical (unpaired) electrons. The Hall–Kier alpha value is -2.27. The molecule has 0 bridgehead atoms. The van der Waals surface area contributed by atoms with Crippen molar-refractivity contribution in [2.75, 3.05) is 13.2 Å². The predicted octanol–water partition coefficient (Wildman–Crippen LogP) is 4.25. The maximum Gasteiger partial charge on any atom is 0.335 e. The molecule has 0 spiro atoms. The number of fused-ring (bicyclic) bond motifs is 1. The molecule has 0 atom stereocenters. The molecular formula is C20H22NO5P. The van der Waals surface area contributed by atoms with Gasteiger partial charge in [-0.2, -0.15) is 0 Å². The van der Waals surface area contributed by atoms with Gasteiger partial charge in [0.2, 0.25) is 0 Å². The normalized spacial score (nSPS) is 13.9. The van der Waals surface area contributed by atoms with E-state index in [-0.39, 0.29) is 37.7 Å². The molecule has 1 heterocycles. The number of benzene rings is 2. The monoisotopic (exact) mass is 387 g/mol. The van der Waals surface area contributed by atoms with Crippen molar-refractivity contribution in [2.24, 2.45) is 0 Å². The molecule has 3 rings (SSSR count). The fourth-order valence-electron chi connectivity index (χ4n) is 3.15. The second-order valence-electron chi connectivity index (χ2n) is 6.12. The average Bonchev–Trinajstić information content (AvgIpc) is 2.89. The Kier molecular flexibility index (Phi) is 5.90. The van der Waals surface area contributed by atoms with E-state index in [0.717, 1.165) is 11.1 Å². The zero-order valence-corrected chi connectivity index (χ0v) is 16.3. The Labute approximate surface area is 158 Å². The van der Waals surface area contributed by atoms with Crippen LogP contribution in [-0.2, 0) is 26.3 Å². The van der Waals surface area contributed by atoms with Crippen molar-refractivity contribution in [2.45, 2.75) is 26.6 Å². The van der Waals surface area contributed by atoms with Crippen LogP contribution in [0, 0.1) is 0 Å². The molecule has 0 fully saturated rings. The third-order valence-corrected chi connectivity index (χ3v) is 6.37. The summed E-state index contributed by atoms with van der Waals surface area (Å²) in [6.45, 7) is 4.18. The van der Waals surface area contributed by atoms with E-state index < -0.39 is 7.60 Å². The van der Waals surface area contributed by atoms with Crippen molar-refractivity contribution in [3.8, 4) is 0 Å². The zero-order chi connectivity index (χ0) is 19.4. The standard InChI is InChI=1S/C20H22NO5P/c1-3-25-27(24,26-4-2)14-16-10-6-5-9-15(16)13-21-19(22)17-11-7-8-12-18(17)20(21)23/h5-12H,3-4,13-14H2,1-2H3. The van der Waals surface area contributed by atoms with Crippen LogP contribution in [0.25, 0.3) is 0 Å². The van der Waals surface area contributed by atoms with Gasteiger partial charge in [-0.3, -0.25) is 19.1 Å². The van der Waals surface area contributed by atoms with Crippen LogP contribution in [0.2, 0.25) is 0 Å². The van der Waals surface area contributed by atoms with Crippen LogP contribution in [0.4, 0.5) is 0 Å². The summed E-state index contributed by atoms with van der Waals surface area (Å²) in [5.41, 5.74) is 2.30. The Morgan fingerprint density at radius 3 is 1.81 bits per heavy atom. The first-order valence-electron chi connectivity index (χ1n) is 8.89. The van der Waals surface area contributed by atoms with E-state index in [2.05, 4.69) is 0 Å². The summed E-state index contributed by atoms with van der Waals surface area (Å²) in [7, 11) is -3.29. The van der Waals surface area contributed by atoms with Crippen molar-refractivity contribution >= 4 is 19.4 Å². The quantitative estimate of drug-likeness (QED) is 0.500. The second-order valence-corrected chi connectivity index (χ2v) is 8.17. The van der Waals surface area contributed by atoms with Crippen LogP contribution in [0.5, 0.6) is 0 Å². The van der Waals surface area contributed by atoms with Crippen molar-refractivity contribution < 1.29 is 23.2 Å². The highest BCUT2D eigenvalue weighted by atomic mass is 31.2. The lowest BCUT2D eigenvalue weighted by Crippen LogP contribution is -2.29. The van der Waals surface area contributed by atoms with Gasteiger partial charge in [0, 0.05) is 0 Å². The zero-order valence-electron chi connectivity index (χ0n) is 15.4. The molecule has 0 saturated carbocycles. The molecule has 0 aliphatic carbocycles. The summed E-state index contributed by atoms with van der Waals surface area (Å²) in [6.07, 6.45) is 0.0913. The highest BCUT2D eigenvalue weighted by Gasteiger charge is 2.35. The first-order chi connectivity index (χ1) is 13.0. The molecule has 27 heavy (non-hydrogen) atoms. The van der Waals surface area contributed by atoms with Gasteiger partial charge in [0.05, 0.1) is 37.0 Å². The minimum absolute atomic E-state index is 0.0913. The molecule has 0 N–H and O–H groups in total. The highest BCUT2D eigenvalue weighted by molar-refractivity contribution is 7.53. The number of hydrogen-bond donors (Lipinski definition) is 0. The Bertz CT molecular complexity index is 866. The lowest BCUT2D eigenvalue weighted by molar-refractivity contribution is 0.0642. The van der Waals surface area contributed by atoms with Crippen LogP contribution >= 0.6 is 7.60 Å². The maximum absolute atomic E-state index is 12.9. The molecular weight excluding hydrogens is 365 g/mol. The summed E-state index contributed by atoms with van der Waals surface area (Å²) < 4.78 is 23.6. The third-order valence-electron chi connectivity index (χ3n) is 4.34. The van der Waals surface area contributed by atoms with Gasteiger partial charge in [-0.25, -0.2) is 0 Å². The number of rotatable bonds is 8. The minimum atomic E-state index is -3.29. The van der Waals surface area contributed by atoms with Gasteiger partial charge in [0.1, 0.15) is 0 Å². The average molecular weight is 387 g/mol. The van der Waals surface area contributed by atoms with Crippen LogP contribution < -0.4 is 0 Å². The molecule has 2 aromatic carbocycles. The van der Waals surface area contributed by atoms with E-state index in [9.17, 15) is 14.2 Å². The number of carbonyl (C=O) groups excluding carboxylic acids is 2. The van der Waals surface area contributed by atoms with Gasteiger partial charge < -0.3 is 9.05 Å². The molecule has 6 nitrogen and oxygen atoms in total. The predicted molar refractivity (Wildman–Crippen MR) is 102 cm³/mol.